The van der Waals surface area contributed by atoms with Gasteiger partial charge in [0.1, 0.15) is 0 Å². The van der Waals surface area contributed by atoms with Gasteiger partial charge in [0.2, 0.25) is 0 Å². The van der Waals surface area contributed by atoms with Gasteiger partial charge in [-0.05, 0) is 31.2 Å². The molecule has 0 aliphatic carbocycles. The molecule has 0 saturated carbocycles. The Morgan fingerprint density at radius 3 is 2.71 bits per heavy atom. The summed E-state index contributed by atoms with van der Waals surface area (Å²) >= 11 is 5.38. The van der Waals surface area contributed by atoms with Crippen molar-refractivity contribution in [3.63, 3.8) is 0 Å². The summed E-state index contributed by atoms with van der Waals surface area (Å²) in [6.45, 7) is 2.39. The number of rotatable bonds is 7. The maximum absolute atomic E-state index is 9.04. The van der Waals surface area contributed by atoms with Crippen LogP contribution in [0.3, 0.4) is 0 Å². The summed E-state index contributed by atoms with van der Waals surface area (Å²) < 4.78 is 1.13. The van der Waals surface area contributed by atoms with E-state index < -0.39 is 0 Å². The monoisotopic (exact) mass is 317 g/mol. The van der Waals surface area contributed by atoms with Crippen molar-refractivity contribution in [3.05, 3.63) is 34.3 Å². The SMILES string of the molecule is CSC[C@H](CCO)N[C@H](C)c1ccccc1Br. The van der Waals surface area contributed by atoms with Crippen LogP contribution in [0.1, 0.15) is 24.9 Å². The van der Waals surface area contributed by atoms with Gasteiger partial charge in [0.25, 0.3) is 0 Å². The van der Waals surface area contributed by atoms with E-state index in [1.165, 1.54) is 5.56 Å². The number of benzene rings is 1. The third-order valence-electron chi connectivity index (χ3n) is 2.70. The van der Waals surface area contributed by atoms with Crippen molar-refractivity contribution in [1.29, 1.82) is 0 Å². The second-order valence-corrected chi connectivity index (χ2v) is 5.84. The molecule has 0 heterocycles. The first-order chi connectivity index (χ1) is 8.19. The number of thioether (sulfide) groups is 1. The highest BCUT2D eigenvalue weighted by Gasteiger charge is 2.14. The van der Waals surface area contributed by atoms with Gasteiger partial charge in [-0.15, -0.1) is 0 Å². The summed E-state index contributed by atoms with van der Waals surface area (Å²) in [4.78, 5) is 0. The van der Waals surface area contributed by atoms with Crippen LogP contribution in [0.25, 0.3) is 0 Å². The Kier molecular flexibility index (Phi) is 7.19. The Labute approximate surface area is 116 Å². The number of nitrogens with one attached hydrogen (secondary N) is 1. The fourth-order valence-corrected chi connectivity index (χ4v) is 3.13. The molecule has 0 aliphatic rings. The quantitative estimate of drug-likeness (QED) is 0.810. The first-order valence-corrected chi connectivity index (χ1v) is 7.98. The summed E-state index contributed by atoms with van der Waals surface area (Å²) in [7, 11) is 0. The fourth-order valence-electron chi connectivity index (χ4n) is 1.84. The van der Waals surface area contributed by atoms with Gasteiger partial charge in [-0.1, -0.05) is 34.1 Å². The highest BCUT2D eigenvalue weighted by atomic mass is 79.9. The fraction of sp³-hybridized carbons (Fsp3) is 0.538. The zero-order valence-electron chi connectivity index (χ0n) is 10.3. The number of aliphatic hydroxyl groups excluding tert-OH is 1. The molecule has 96 valence electrons. The molecule has 0 unspecified atom stereocenters. The van der Waals surface area contributed by atoms with Crippen molar-refractivity contribution in [2.75, 3.05) is 18.6 Å². The van der Waals surface area contributed by atoms with Gasteiger partial charge in [-0.25, -0.2) is 0 Å². The van der Waals surface area contributed by atoms with Crippen molar-refractivity contribution in [2.45, 2.75) is 25.4 Å². The molecule has 1 aromatic rings. The lowest BCUT2D eigenvalue weighted by atomic mass is 10.1. The van der Waals surface area contributed by atoms with E-state index in [1.54, 1.807) is 11.8 Å². The summed E-state index contributed by atoms with van der Waals surface area (Å²) in [5, 5.41) is 12.6. The lowest BCUT2D eigenvalue weighted by molar-refractivity contribution is 0.265. The molecule has 2 atom stereocenters. The van der Waals surface area contributed by atoms with E-state index in [1.807, 2.05) is 12.1 Å². The molecule has 0 fully saturated rings. The van der Waals surface area contributed by atoms with Gasteiger partial charge in [0.15, 0.2) is 0 Å². The topological polar surface area (TPSA) is 32.3 Å². The zero-order valence-corrected chi connectivity index (χ0v) is 12.7. The van der Waals surface area contributed by atoms with Gasteiger partial charge in [-0.3, -0.25) is 0 Å². The highest BCUT2D eigenvalue weighted by Crippen LogP contribution is 2.23. The van der Waals surface area contributed by atoms with Crippen molar-refractivity contribution in [2.24, 2.45) is 0 Å². The van der Waals surface area contributed by atoms with E-state index in [2.05, 4.69) is 46.6 Å². The van der Waals surface area contributed by atoms with Gasteiger partial charge in [0.05, 0.1) is 0 Å². The lowest BCUT2D eigenvalue weighted by Crippen LogP contribution is -2.34. The van der Waals surface area contributed by atoms with Crippen LogP contribution in [0.5, 0.6) is 0 Å². The van der Waals surface area contributed by atoms with Crippen LogP contribution >= 0.6 is 27.7 Å². The molecule has 0 aliphatic heterocycles. The average molecular weight is 318 g/mol. The van der Waals surface area contributed by atoms with E-state index in [9.17, 15) is 0 Å². The molecular weight excluding hydrogens is 298 g/mol. The predicted octanol–water partition coefficient (Wildman–Crippen LogP) is 3.21. The molecule has 0 bridgehead atoms. The van der Waals surface area contributed by atoms with Crippen molar-refractivity contribution < 1.29 is 5.11 Å². The van der Waals surface area contributed by atoms with E-state index in [4.69, 9.17) is 5.11 Å². The minimum absolute atomic E-state index is 0.237. The standard InChI is InChI=1S/C13H20BrNOS/c1-10(12-5-3-4-6-13(12)14)15-11(7-8-16)9-17-2/h3-6,10-11,15-16H,7-9H2,1-2H3/t10-,11+/m1/s1. The molecule has 0 saturated heterocycles. The number of aliphatic hydroxyl groups is 1. The van der Waals surface area contributed by atoms with Crippen LogP contribution in [0, 0.1) is 0 Å². The molecule has 17 heavy (non-hydrogen) atoms. The second kappa shape index (κ2) is 8.14. The average Bonchev–Trinajstić information content (AvgIpc) is 2.30. The Morgan fingerprint density at radius 2 is 2.12 bits per heavy atom. The highest BCUT2D eigenvalue weighted by molar-refractivity contribution is 9.10. The summed E-state index contributed by atoms with van der Waals surface area (Å²) in [6.07, 6.45) is 2.89. The van der Waals surface area contributed by atoms with E-state index in [-0.39, 0.29) is 12.6 Å². The molecule has 1 aromatic carbocycles. The van der Waals surface area contributed by atoms with E-state index >= 15 is 0 Å². The third kappa shape index (κ3) is 5.00. The number of hydrogen-bond donors (Lipinski definition) is 2. The zero-order chi connectivity index (χ0) is 12.7. The van der Waals surface area contributed by atoms with Crippen molar-refractivity contribution >= 4 is 27.7 Å². The molecule has 2 nitrogen and oxygen atoms in total. The molecule has 1 rings (SSSR count). The van der Waals surface area contributed by atoms with Crippen LogP contribution in [0.2, 0.25) is 0 Å². The van der Waals surface area contributed by atoms with Crippen molar-refractivity contribution in [3.8, 4) is 0 Å². The minimum Gasteiger partial charge on any atom is -0.396 e. The summed E-state index contributed by atoms with van der Waals surface area (Å²) in [6, 6.07) is 8.90. The minimum atomic E-state index is 0.237. The van der Waals surface area contributed by atoms with Crippen LogP contribution in [-0.2, 0) is 0 Å². The van der Waals surface area contributed by atoms with Gasteiger partial charge in [-0.2, -0.15) is 11.8 Å². The maximum Gasteiger partial charge on any atom is 0.0446 e. The summed E-state index contributed by atoms with van der Waals surface area (Å²) in [5.41, 5.74) is 1.26. The summed E-state index contributed by atoms with van der Waals surface area (Å²) in [5.74, 6) is 1.02. The normalized spacial score (nSPS) is 14.6. The van der Waals surface area contributed by atoms with Crippen molar-refractivity contribution in [1.82, 2.24) is 5.32 Å². The molecule has 0 aromatic heterocycles. The Balaban J connectivity index is 2.63. The number of hydrogen-bond acceptors (Lipinski definition) is 3. The molecule has 4 heteroatoms. The number of halogens is 1. The van der Waals surface area contributed by atoms with Crippen LogP contribution in [0.15, 0.2) is 28.7 Å². The lowest BCUT2D eigenvalue weighted by Gasteiger charge is -2.23. The molecular formula is C13H20BrNOS. The largest absolute Gasteiger partial charge is 0.396 e. The second-order valence-electron chi connectivity index (χ2n) is 4.07. The first-order valence-electron chi connectivity index (χ1n) is 5.79. The molecule has 2 N–H and O–H groups in total. The molecule has 0 spiro atoms. The Hall–Kier alpha value is -0.0300. The van der Waals surface area contributed by atoms with E-state index in [0.29, 0.717) is 6.04 Å². The van der Waals surface area contributed by atoms with Gasteiger partial charge < -0.3 is 10.4 Å². The van der Waals surface area contributed by atoms with Gasteiger partial charge in [0, 0.05) is 28.9 Å². The Morgan fingerprint density at radius 1 is 1.41 bits per heavy atom. The maximum atomic E-state index is 9.04. The smallest absolute Gasteiger partial charge is 0.0446 e. The van der Waals surface area contributed by atoms with Crippen LogP contribution in [0.4, 0.5) is 0 Å². The van der Waals surface area contributed by atoms with Crippen LogP contribution < -0.4 is 5.32 Å². The molecule has 0 amide bonds. The van der Waals surface area contributed by atoms with Crippen LogP contribution in [-0.4, -0.2) is 29.8 Å². The molecule has 0 radical (unpaired) electrons. The van der Waals surface area contributed by atoms with Gasteiger partial charge >= 0.3 is 0 Å². The third-order valence-corrected chi connectivity index (χ3v) is 4.16. The van der Waals surface area contributed by atoms with E-state index in [0.717, 1.165) is 16.6 Å². The predicted molar refractivity (Wildman–Crippen MR) is 79.6 cm³/mol. The Bertz CT molecular complexity index is 329. The first kappa shape index (κ1) is 15.0.